The minimum atomic E-state index is 0.836. The second-order valence-electron chi connectivity index (χ2n) is 7.79. The van der Waals surface area contributed by atoms with Crippen LogP contribution >= 0.6 is 0 Å². The summed E-state index contributed by atoms with van der Waals surface area (Å²) in [5.41, 5.74) is 4.79. The Balaban J connectivity index is 1.46. The second-order valence-corrected chi connectivity index (χ2v) is 7.79. The fraction of sp³-hybridized carbons (Fsp3) is 0.240. The summed E-state index contributed by atoms with van der Waals surface area (Å²) in [5.74, 6) is 1.87. The molecule has 0 fully saturated rings. The molecule has 0 N–H and O–H groups in total. The zero-order valence-corrected chi connectivity index (χ0v) is 17.2. The summed E-state index contributed by atoms with van der Waals surface area (Å²) in [6.45, 7) is 3.55. The molecule has 1 aromatic heterocycles. The molecule has 0 amide bonds. The van der Waals surface area contributed by atoms with Crippen molar-refractivity contribution in [3.05, 3.63) is 90.0 Å². The summed E-state index contributed by atoms with van der Waals surface area (Å²) < 4.78 is 7.74. The molecule has 0 aliphatic carbocycles. The minimum absolute atomic E-state index is 0.836. The van der Waals surface area contributed by atoms with E-state index in [1.165, 1.54) is 11.1 Å². The van der Waals surface area contributed by atoms with Gasteiger partial charge in [0.25, 0.3) is 0 Å². The fourth-order valence-electron chi connectivity index (χ4n) is 4.15. The SMILES string of the molecule is COc1ccc2c(c1)nc1n2CN(CCc2ccccc2)CN1Cc1ccccc1. The van der Waals surface area contributed by atoms with Crippen molar-refractivity contribution in [2.24, 2.45) is 0 Å². The molecule has 0 saturated carbocycles. The molecule has 152 valence electrons. The number of hydrogen-bond donors (Lipinski definition) is 0. The van der Waals surface area contributed by atoms with E-state index in [9.17, 15) is 0 Å². The van der Waals surface area contributed by atoms with Crippen molar-refractivity contribution in [2.75, 3.05) is 25.2 Å². The number of aromatic nitrogens is 2. The van der Waals surface area contributed by atoms with Crippen molar-refractivity contribution in [1.82, 2.24) is 14.5 Å². The van der Waals surface area contributed by atoms with Crippen LogP contribution < -0.4 is 9.64 Å². The summed E-state index contributed by atoms with van der Waals surface area (Å²) in [6.07, 6.45) is 1.04. The van der Waals surface area contributed by atoms with E-state index in [2.05, 4.69) is 81.1 Å². The van der Waals surface area contributed by atoms with Gasteiger partial charge in [0, 0.05) is 19.2 Å². The molecule has 0 bridgehead atoms. The molecule has 5 heteroatoms. The molecule has 4 aromatic rings. The lowest BCUT2D eigenvalue weighted by Gasteiger charge is -2.37. The van der Waals surface area contributed by atoms with Gasteiger partial charge in [-0.15, -0.1) is 0 Å². The van der Waals surface area contributed by atoms with Gasteiger partial charge in [-0.2, -0.15) is 0 Å². The van der Waals surface area contributed by atoms with Crippen molar-refractivity contribution >= 4 is 17.0 Å². The summed E-state index contributed by atoms with van der Waals surface area (Å²) in [6, 6.07) is 27.5. The summed E-state index contributed by atoms with van der Waals surface area (Å²) in [7, 11) is 1.70. The lowest BCUT2D eigenvalue weighted by molar-refractivity contribution is 0.200. The van der Waals surface area contributed by atoms with Gasteiger partial charge in [-0.1, -0.05) is 60.7 Å². The maximum Gasteiger partial charge on any atom is 0.209 e. The Hall–Kier alpha value is -3.31. The van der Waals surface area contributed by atoms with Crippen molar-refractivity contribution in [2.45, 2.75) is 19.6 Å². The van der Waals surface area contributed by atoms with E-state index < -0.39 is 0 Å². The zero-order valence-electron chi connectivity index (χ0n) is 17.2. The van der Waals surface area contributed by atoms with E-state index in [1.54, 1.807) is 7.11 Å². The van der Waals surface area contributed by atoms with Crippen LogP contribution in [0.4, 0.5) is 5.95 Å². The highest BCUT2D eigenvalue weighted by Crippen LogP contribution is 2.30. The van der Waals surface area contributed by atoms with Crippen molar-refractivity contribution in [1.29, 1.82) is 0 Å². The highest BCUT2D eigenvalue weighted by molar-refractivity contribution is 5.80. The Bertz CT molecular complexity index is 1120. The van der Waals surface area contributed by atoms with Crippen LogP contribution in [0.1, 0.15) is 11.1 Å². The van der Waals surface area contributed by atoms with E-state index in [1.807, 2.05) is 12.1 Å². The number of hydrogen-bond acceptors (Lipinski definition) is 4. The molecule has 0 spiro atoms. The minimum Gasteiger partial charge on any atom is -0.497 e. The maximum absolute atomic E-state index is 5.41. The standard InChI is InChI=1S/C25H26N4O/c1-30-22-12-13-24-23(16-22)26-25-28(17-21-10-6-3-7-11-21)18-27(19-29(24)25)15-14-20-8-4-2-5-9-20/h2-13,16H,14-15,17-19H2,1H3. The molecule has 0 saturated heterocycles. The largest absolute Gasteiger partial charge is 0.497 e. The fourth-order valence-corrected chi connectivity index (χ4v) is 4.15. The molecule has 5 nitrogen and oxygen atoms in total. The lowest BCUT2D eigenvalue weighted by Crippen LogP contribution is -2.45. The van der Waals surface area contributed by atoms with Crippen molar-refractivity contribution in [3.8, 4) is 5.75 Å². The number of nitrogens with zero attached hydrogens (tertiary/aromatic N) is 4. The quantitative estimate of drug-likeness (QED) is 0.478. The van der Waals surface area contributed by atoms with Gasteiger partial charge in [-0.05, 0) is 29.7 Å². The van der Waals surface area contributed by atoms with E-state index in [0.717, 1.165) is 55.6 Å². The molecule has 0 atom stereocenters. The van der Waals surface area contributed by atoms with E-state index in [4.69, 9.17) is 9.72 Å². The second kappa shape index (κ2) is 8.20. The Morgan fingerprint density at radius 2 is 1.60 bits per heavy atom. The molecule has 30 heavy (non-hydrogen) atoms. The van der Waals surface area contributed by atoms with Gasteiger partial charge in [-0.3, -0.25) is 9.47 Å². The predicted molar refractivity (Wildman–Crippen MR) is 121 cm³/mol. The van der Waals surface area contributed by atoms with Gasteiger partial charge < -0.3 is 9.64 Å². The average Bonchev–Trinajstić information content (AvgIpc) is 3.17. The Morgan fingerprint density at radius 3 is 2.33 bits per heavy atom. The van der Waals surface area contributed by atoms with Gasteiger partial charge in [0.1, 0.15) is 5.75 Å². The third kappa shape index (κ3) is 3.76. The van der Waals surface area contributed by atoms with E-state index >= 15 is 0 Å². The molecule has 0 unspecified atom stereocenters. The summed E-state index contributed by atoms with van der Waals surface area (Å²) >= 11 is 0. The number of fused-ring (bicyclic) bond motifs is 3. The third-order valence-corrected chi connectivity index (χ3v) is 5.71. The van der Waals surface area contributed by atoms with Crippen LogP contribution in [0.3, 0.4) is 0 Å². The smallest absolute Gasteiger partial charge is 0.209 e. The van der Waals surface area contributed by atoms with Crippen molar-refractivity contribution in [3.63, 3.8) is 0 Å². The topological polar surface area (TPSA) is 33.5 Å². The van der Waals surface area contributed by atoms with Crippen LogP contribution in [-0.2, 0) is 19.6 Å². The van der Waals surface area contributed by atoms with Gasteiger partial charge in [0.2, 0.25) is 5.95 Å². The molecular weight excluding hydrogens is 372 g/mol. The molecule has 3 aromatic carbocycles. The number of methoxy groups -OCH3 is 1. The summed E-state index contributed by atoms with van der Waals surface area (Å²) in [5, 5.41) is 0. The number of anilines is 1. The molecule has 0 radical (unpaired) electrons. The Kier molecular flexibility index (Phi) is 5.11. The Labute approximate surface area is 177 Å². The number of imidazole rings is 1. The molecular formula is C25H26N4O. The van der Waals surface area contributed by atoms with E-state index in [-0.39, 0.29) is 0 Å². The molecule has 1 aliphatic rings. The van der Waals surface area contributed by atoms with Crippen molar-refractivity contribution < 1.29 is 4.74 Å². The zero-order chi connectivity index (χ0) is 20.3. The lowest BCUT2D eigenvalue weighted by atomic mass is 10.1. The van der Waals surface area contributed by atoms with Crippen LogP contribution in [0.5, 0.6) is 5.75 Å². The third-order valence-electron chi connectivity index (χ3n) is 5.71. The van der Waals surface area contributed by atoms with Gasteiger partial charge >= 0.3 is 0 Å². The van der Waals surface area contributed by atoms with Crippen LogP contribution in [0, 0.1) is 0 Å². The van der Waals surface area contributed by atoms with Gasteiger partial charge in [-0.25, -0.2) is 4.98 Å². The first-order valence-electron chi connectivity index (χ1n) is 10.4. The van der Waals surface area contributed by atoms with E-state index in [0.29, 0.717) is 0 Å². The number of benzene rings is 3. The van der Waals surface area contributed by atoms with Crippen LogP contribution in [0.25, 0.3) is 11.0 Å². The highest BCUT2D eigenvalue weighted by Gasteiger charge is 2.26. The van der Waals surface area contributed by atoms with Crippen LogP contribution in [0.15, 0.2) is 78.9 Å². The first kappa shape index (κ1) is 18.7. The molecule has 2 heterocycles. The first-order valence-corrected chi connectivity index (χ1v) is 10.4. The monoisotopic (exact) mass is 398 g/mol. The Morgan fingerprint density at radius 1 is 0.867 bits per heavy atom. The van der Waals surface area contributed by atoms with Gasteiger partial charge in [0.15, 0.2) is 0 Å². The number of rotatable bonds is 6. The number of ether oxygens (including phenoxy) is 1. The molecule has 1 aliphatic heterocycles. The average molecular weight is 399 g/mol. The summed E-state index contributed by atoms with van der Waals surface area (Å²) in [4.78, 5) is 9.84. The molecule has 5 rings (SSSR count). The predicted octanol–water partition coefficient (Wildman–Crippen LogP) is 4.52. The highest BCUT2D eigenvalue weighted by atomic mass is 16.5. The van der Waals surface area contributed by atoms with Crippen LogP contribution in [0.2, 0.25) is 0 Å². The maximum atomic E-state index is 5.41. The normalized spacial score (nSPS) is 14.1. The van der Waals surface area contributed by atoms with Crippen LogP contribution in [-0.4, -0.2) is 34.8 Å². The van der Waals surface area contributed by atoms with Gasteiger partial charge in [0.05, 0.1) is 31.5 Å². The first-order chi connectivity index (χ1) is 14.8.